The number of nitrogens with zero attached hydrogens (tertiary/aromatic N) is 2. The molecule has 5 rings (SSSR count). The van der Waals surface area contributed by atoms with Crippen LogP contribution in [0.1, 0.15) is 22.5 Å². The SMILES string of the molecule is O=C(Cc1cn(CCc2ccccc2)c2oc(CN3CCOCC3)cc2c1=O)NCc1ccc(Cl)cc1. The van der Waals surface area contributed by atoms with Gasteiger partial charge in [-0.3, -0.25) is 14.5 Å². The van der Waals surface area contributed by atoms with Gasteiger partial charge in [-0.05, 0) is 35.7 Å². The summed E-state index contributed by atoms with van der Waals surface area (Å²) in [5.41, 5.74) is 2.97. The van der Waals surface area contributed by atoms with Crippen LogP contribution < -0.4 is 10.7 Å². The van der Waals surface area contributed by atoms with Gasteiger partial charge in [0, 0.05) is 43.0 Å². The lowest BCUT2D eigenvalue weighted by molar-refractivity contribution is -0.120. The maximum Gasteiger partial charge on any atom is 0.224 e. The molecule has 1 fully saturated rings. The van der Waals surface area contributed by atoms with Crippen molar-refractivity contribution in [3.8, 4) is 0 Å². The van der Waals surface area contributed by atoms with E-state index in [-0.39, 0.29) is 17.8 Å². The third-order valence-corrected chi connectivity index (χ3v) is 6.85. The maximum absolute atomic E-state index is 13.4. The number of carbonyl (C=O) groups is 1. The molecule has 7 nitrogen and oxygen atoms in total. The number of hydrogen-bond donors (Lipinski definition) is 1. The molecule has 0 atom stereocenters. The first kappa shape index (κ1) is 25.3. The van der Waals surface area contributed by atoms with Gasteiger partial charge >= 0.3 is 0 Å². The van der Waals surface area contributed by atoms with Crippen molar-refractivity contribution in [1.82, 2.24) is 14.8 Å². The molecule has 4 aromatic rings. The van der Waals surface area contributed by atoms with Crippen LogP contribution in [0.4, 0.5) is 0 Å². The number of amides is 1. The van der Waals surface area contributed by atoms with Gasteiger partial charge < -0.3 is 19.0 Å². The first-order valence-corrected chi connectivity index (χ1v) is 12.9. The van der Waals surface area contributed by atoms with Gasteiger partial charge in [-0.15, -0.1) is 0 Å². The monoisotopic (exact) mass is 519 g/mol. The topological polar surface area (TPSA) is 76.7 Å². The number of hydrogen-bond acceptors (Lipinski definition) is 5. The van der Waals surface area contributed by atoms with Crippen molar-refractivity contribution in [3.05, 3.63) is 105 Å². The second kappa shape index (κ2) is 11.8. The summed E-state index contributed by atoms with van der Waals surface area (Å²) < 4.78 is 13.6. The van der Waals surface area contributed by atoms with Crippen LogP contribution >= 0.6 is 11.6 Å². The summed E-state index contributed by atoms with van der Waals surface area (Å²) in [6.07, 6.45) is 2.55. The fourth-order valence-corrected chi connectivity index (χ4v) is 4.69. The largest absolute Gasteiger partial charge is 0.443 e. The predicted octanol–water partition coefficient (Wildman–Crippen LogP) is 4.18. The van der Waals surface area contributed by atoms with Gasteiger partial charge in [-0.1, -0.05) is 54.1 Å². The minimum Gasteiger partial charge on any atom is -0.443 e. The molecular formula is C29H30ClN3O4. The van der Waals surface area contributed by atoms with Gasteiger partial charge in [-0.25, -0.2) is 0 Å². The summed E-state index contributed by atoms with van der Waals surface area (Å²) in [5.74, 6) is 0.532. The third kappa shape index (κ3) is 6.49. The average molecular weight is 520 g/mol. The standard InChI is InChI=1S/C29H30ClN3O4/c30-24-8-6-22(7-9-24)18-31-27(34)16-23-19-33(11-10-21-4-2-1-3-5-21)29-26(28(23)35)17-25(37-29)20-32-12-14-36-15-13-32/h1-9,17,19H,10-16,18,20H2,(H,31,34). The van der Waals surface area contributed by atoms with Crippen LogP contribution in [0.5, 0.6) is 0 Å². The quantitative estimate of drug-likeness (QED) is 0.359. The molecule has 2 aromatic carbocycles. The molecule has 0 radical (unpaired) electrons. The summed E-state index contributed by atoms with van der Waals surface area (Å²) in [6.45, 7) is 4.66. The molecule has 0 bridgehead atoms. The van der Waals surface area contributed by atoms with Gasteiger partial charge in [-0.2, -0.15) is 0 Å². The number of pyridine rings is 1. The Morgan fingerprint density at radius 2 is 1.76 bits per heavy atom. The molecule has 37 heavy (non-hydrogen) atoms. The molecule has 1 aliphatic rings. The number of aromatic nitrogens is 1. The van der Waals surface area contributed by atoms with E-state index in [2.05, 4.69) is 22.3 Å². The molecule has 192 valence electrons. The lowest BCUT2D eigenvalue weighted by Crippen LogP contribution is -2.35. The van der Waals surface area contributed by atoms with E-state index in [1.54, 1.807) is 18.3 Å². The fraction of sp³-hybridized carbons (Fsp3) is 0.310. The molecule has 0 unspecified atom stereocenters. The van der Waals surface area contributed by atoms with E-state index in [9.17, 15) is 9.59 Å². The second-order valence-electron chi connectivity index (χ2n) is 9.31. The molecule has 1 N–H and O–H groups in total. The first-order valence-electron chi connectivity index (χ1n) is 12.5. The Morgan fingerprint density at radius 1 is 1.00 bits per heavy atom. The zero-order valence-corrected chi connectivity index (χ0v) is 21.4. The Bertz CT molecular complexity index is 1410. The molecule has 3 heterocycles. The van der Waals surface area contributed by atoms with E-state index in [1.165, 1.54) is 5.56 Å². The van der Waals surface area contributed by atoms with Crippen LogP contribution in [0.2, 0.25) is 5.02 Å². The minimum absolute atomic E-state index is 0.00230. The Balaban J connectivity index is 1.38. The minimum atomic E-state index is -0.210. The Labute approximate surface area is 220 Å². The van der Waals surface area contributed by atoms with Crippen molar-refractivity contribution < 1.29 is 13.9 Å². The van der Waals surface area contributed by atoms with E-state index in [1.807, 2.05) is 41.0 Å². The van der Waals surface area contributed by atoms with Crippen molar-refractivity contribution in [2.45, 2.75) is 32.5 Å². The van der Waals surface area contributed by atoms with Crippen molar-refractivity contribution in [1.29, 1.82) is 0 Å². The smallest absolute Gasteiger partial charge is 0.224 e. The number of furan rings is 1. The summed E-state index contributed by atoms with van der Waals surface area (Å²) in [6, 6.07) is 19.3. The highest BCUT2D eigenvalue weighted by Gasteiger charge is 2.19. The van der Waals surface area contributed by atoms with Gasteiger partial charge in [0.1, 0.15) is 5.76 Å². The highest BCUT2D eigenvalue weighted by molar-refractivity contribution is 6.30. The van der Waals surface area contributed by atoms with Gasteiger partial charge in [0.2, 0.25) is 11.6 Å². The number of rotatable bonds is 9. The van der Waals surface area contributed by atoms with Crippen molar-refractivity contribution >= 4 is 28.6 Å². The zero-order valence-electron chi connectivity index (χ0n) is 20.6. The Morgan fingerprint density at radius 3 is 2.51 bits per heavy atom. The number of carbonyl (C=O) groups excluding carboxylic acids is 1. The molecular weight excluding hydrogens is 490 g/mol. The average Bonchev–Trinajstić information content (AvgIpc) is 3.34. The van der Waals surface area contributed by atoms with Crippen molar-refractivity contribution in [2.24, 2.45) is 0 Å². The summed E-state index contributed by atoms with van der Waals surface area (Å²) in [5, 5.41) is 4.07. The van der Waals surface area contributed by atoms with Crippen LogP contribution in [0.15, 0.2) is 76.1 Å². The lowest BCUT2D eigenvalue weighted by atomic mass is 10.1. The van der Waals surface area contributed by atoms with E-state index in [0.717, 1.165) is 30.8 Å². The number of morpholine rings is 1. The fourth-order valence-electron chi connectivity index (χ4n) is 4.57. The second-order valence-corrected chi connectivity index (χ2v) is 9.75. The third-order valence-electron chi connectivity index (χ3n) is 6.59. The lowest BCUT2D eigenvalue weighted by Gasteiger charge is -2.25. The molecule has 0 saturated carbocycles. The van der Waals surface area contributed by atoms with Crippen molar-refractivity contribution in [2.75, 3.05) is 26.3 Å². The molecule has 1 saturated heterocycles. The highest BCUT2D eigenvalue weighted by atomic mass is 35.5. The van der Waals surface area contributed by atoms with E-state index >= 15 is 0 Å². The van der Waals surface area contributed by atoms with Crippen LogP contribution in [0.25, 0.3) is 11.1 Å². The summed E-state index contributed by atoms with van der Waals surface area (Å²) in [7, 11) is 0. The molecule has 2 aromatic heterocycles. The summed E-state index contributed by atoms with van der Waals surface area (Å²) >= 11 is 5.94. The molecule has 1 amide bonds. The number of ether oxygens (including phenoxy) is 1. The molecule has 8 heteroatoms. The summed E-state index contributed by atoms with van der Waals surface area (Å²) in [4.78, 5) is 28.4. The molecule has 0 aliphatic carbocycles. The maximum atomic E-state index is 13.4. The van der Waals surface area contributed by atoms with E-state index in [4.69, 9.17) is 20.8 Å². The Kier molecular flexibility index (Phi) is 8.04. The normalized spacial score (nSPS) is 14.2. The van der Waals surface area contributed by atoms with Gasteiger partial charge in [0.15, 0.2) is 5.43 Å². The first-order chi connectivity index (χ1) is 18.0. The van der Waals surface area contributed by atoms with Gasteiger partial charge in [0.05, 0.1) is 31.6 Å². The van der Waals surface area contributed by atoms with Crippen LogP contribution in [-0.2, 0) is 42.0 Å². The zero-order chi connectivity index (χ0) is 25.6. The number of fused-ring (bicyclic) bond motifs is 1. The Hall–Kier alpha value is -3.39. The van der Waals surface area contributed by atoms with Gasteiger partial charge in [0.25, 0.3) is 0 Å². The van der Waals surface area contributed by atoms with E-state index < -0.39 is 0 Å². The van der Waals surface area contributed by atoms with Crippen molar-refractivity contribution in [3.63, 3.8) is 0 Å². The van der Waals surface area contributed by atoms with E-state index in [0.29, 0.717) is 54.5 Å². The number of aryl methyl sites for hydroxylation is 2. The van der Waals surface area contributed by atoms with Crippen LogP contribution in [0.3, 0.4) is 0 Å². The molecule has 0 spiro atoms. The predicted molar refractivity (Wildman–Crippen MR) is 144 cm³/mol. The number of halogens is 1. The molecule has 1 aliphatic heterocycles. The number of nitrogens with one attached hydrogen (secondary N) is 1. The highest BCUT2D eigenvalue weighted by Crippen LogP contribution is 2.20. The van der Waals surface area contributed by atoms with Crippen LogP contribution in [0, 0.1) is 0 Å². The van der Waals surface area contributed by atoms with Crippen LogP contribution in [-0.4, -0.2) is 41.7 Å². The number of benzene rings is 2.